The molecule has 0 spiro atoms. The van der Waals surface area contributed by atoms with Crippen LogP contribution >= 0.6 is 23.1 Å². The summed E-state index contributed by atoms with van der Waals surface area (Å²) in [5.41, 5.74) is 13.1. The first kappa shape index (κ1) is 32.6. The second-order valence-corrected chi connectivity index (χ2v) is 16.2. The standard InChI is InChI=1S/C44H35N5S2/c1-43(2)24-28(22-31(25-43)32(26-45)27-46)14-15-29-16-18-34(42-41(29)47-51-48-42)40-21-20-39(50-40)30-17-19-38-36(23-30)44(3,4)35-12-8-9-13-37(35)49(38)33-10-6-5-7-11-33/h5-23H,24-25H2,1-4H3/b15-14+. The van der Waals surface area contributed by atoms with E-state index in [1.165, 1.54) is 44.7 Å². The van der Waals surface area contributed by atoms with Gasteiger partial charge in [0.15, 0.2) is 0 Å². The summed E-state index contributed by atoms with van der Waals surface area (Å²) >= 11 is 3.01. The minimum Gasteiger partial charge on any atom is -0.310 e. The topological polar surface area (TPSA) is 76.6 Å². The second kappa shape index (κ2) is 12.6. The van der Waals surface area contributed by atoms with Gasteiger partial charge in [-0.25, -0.2) is 0 Å². The predicted molar refractivity (Wildman–Crippen MR) is 211 cm³/mol. The zero-order valence-electron chi connectivity index (χ0n) is 28.9. The number of anilines is 3. The summed E-state index contributed by atoms with van der Waals surface area (Å²) in [6.45, 7) is 9.01. The molecule has 0 N–H and O–H groups in total. The maximum Gasteiger partial charge on any atom is 0.132 e. The highest BCUT2D eigenvalue weighted by Crippen LogP contribution is 2.53. The number of thiophene rings is 1. The highest BCUT2D eigenvalue weighted by molar-refractivity contribution is 7.19. The number of allylic oxidation sites excluding steroid dienone is 5. The van der Waals surface area contributed by atoms with Gasteiger partial charge in [-0.05, 0) is 88.6 Å². The maximum atomic E-state index is 9.48. The van der Waals surface area contributed by atoms with Crippen LogP contribution in [-0.4, -0.2) is 8.75 Å². The Morgan fingerprint density at radius 3 is 2.27 bits per heavy atom. The average Bonchev–Trinajstić information content (AvgIpc) is 3.83. The first-order chi connectivity index (χ1) is 24.7. The van der Waals surface area contributed by atoms with E-state index < -0.39 is 0 Å². The Morgan fingerprint density at radius 2 is 1.47 bits per heavy atom. The van der Waals surface area contributed by atoms with E-state index in [0.29, 0.717) is 6.42 Å². The van der Waals surface area contributed by atoms with Gasteiger partial charge in [-0.2, -0.15) is 19.3 Å². The van der Waals surface area contributed by atoms with E-state index >= 15 is 0 Å². The molecule has 248 valence electrons. The number of aromatic nitrogens is 2. The number of rotatable bonds is 5. The van der Waals surface area contributed by atoms with Crippen LogP contribution in [0, 0.1) is 28.1 Å². The van der Waals surface area contributed by atoms with Crippen molar-refractivity contribution in [3.63, 3.8) is 0 Å². The summed E-state index contributed by atoms with van der Waals surface area (Å²) in [5.74, 6) is 0. The van der Waals surface area contributed by atoms with Crippen LogP contribution in [0.15, 0.2) is 126 Å². The fourth-order valence-corrected chi connectivity index (χ4v) is 9.27. The van der Waals surface area contributed by atoms with Gasteiger partial charge in [0.25, 0.3) is 0 Å². The van der Waals surface area contributed by atoms with Gasteiger partial charge < -0.3 is 4.90 Å². The molecule has 7 heteroatoms. The Kier molecular flexibility index (Phi) is 8.07. The minimum atomic E-state index is -0.176. The third-order valence-electron chi connectivity index (χ3n) is 10.1. The number of nitriles is 2. The summed E-state index contributed by atoms with van der Waals surface area (Å²) in [6.07, 6.45) is 7.76. The van der Waals surface area contributed by atoms with Crippen LogP contribution in [0.2, 0.25) is 0 Å². The number of fused-ring (bicyclic) bond motifs is 3. The second-order valence-electron chi connectivity index (χ2n) is 14.6. The molecule has 8 rings (SSSR count). The van der Waals surface area contributed by atoms with Crippen molar-refractivity contribution in [1.82, 2.24) is 8.75 Å². The molecule has 5 nitrogen and oxygen atoms in total. The number of benzene rings is 4. The van der Waals surface area contributed by atoms with E-state index in [9.17, 15) is 10.5 Å². The third kappa shape index (κ3) is 5.79. The van der Waals surface area contributed by atoms with Gasteiger partial charge in [0.2, 0.25) is 0 Å². The number of hydrogen-bond donors (Lipinski definition) is 0. The summed E-state index contributed by atoms with van der Waals surface area (Å²) in [6, 6.07) is 39.1. The summed E-state index contributed by atoms with van der Waals surface area (Å²) < 4.78 is 9.46. The van der Waals surface area contributed by atoms with Crippen LogP contribution in [0.1, 0.15) is 57.2 Å². The van der Waals surface area contributed by atoms with E-state index in [-0.39, 0.29) is 16.4 Å². The lowest BCUT2D eigenvalue weighted by atomic mass is 9.73. The Morgan fingerprint density at radius 1 is 0.745 bits per heavy atom. The molecule has 6 aromatic rings. The van der Waals surface area contributed by atoms with Crippen molar-refractivity contribution in [1.29, 1.82) is 10.5 Å². The van der Waals surface area contributed by atoms with E-state index in [1.54, 1.807) is 11.3 Å². The van der Waals surface area contributed by atoms with E-state index in [2.05, 4.69) is 154 Å². The minimum absolute atomic E-state index is 0.0411. The molecule has 4 aromatic carbocycles. The molecule has 0 saturated heterocycles. The quantitative estimate of drug-likeness (QED) is 0.168. The van der Waals surface area contributed by atoms with Crippen LogP contribution in [0.4, 0.5) is 17.1 Å². The molecule has 51 heavy (non-hydrogen) atoms. The van der Waals surface area contributed by atoms with Gasteiger partial charge >= 0.3 is 0 Å². The fourth-order valence-electron chi connectivity index (χ4n) is 7.66. The van der Waals surface area contributed by atoms with E-state index in [4.69, 9.17) is 8.75 Å². The van der Waals surface area contributed by atoms with Crippen molar-refractivity contribution in [3.05, 3.63) is 143 Å². The molecule has 1 aliphatic carbocycles. The molecule has 3 heterocycles. The molecule has 0 saturated carbocycles. The maximum absolute atomic E-state index is 9.48. The lowest BCUT2D eigenvalue weighted by Gasteiger charge is -2.42. The number of hydrogen-bond acceptors (Lipinski definition) is 7. The summed E-state index contributed by atoms with van der Waals surface area (Å²) in [4.78, 5) is 4.75. The first-order valence-corrected chi connectivity index (χ1v) is 18.6. The van der Waals surface area contributed by atoms with Gasteiger partial charge in [-0.1, -0.05) is 101 Å². The molecular weight excluding hydrogens is 663 g/mol. The van der Waals surface area contributed by atoms with Crippen LogP contribution in [-0.2, 0) is 5.41 Å². The van der Waals surface area contributed by atoms with E-state index in [1.807, 2.05) is 6.08 Å². The van der Waals surface area contributed by atoms with Crippen LogP contribution in [0.25, 0.3) is 38.0 Å². The Hall–Kier alpha value is -5.60. The average molecular weight is 698 g/mol. The van der Waals surface area contributed by atoms with Crippen molar-refractivity contribution in [2.45, 2.75) is 46.0 Å². The first-order valence-electron chi connectivity index (χ1n) is 17.0. The van der Waals surface area contributed by atoms with Crippen molar-refractivity contribution < 1.29 is 0 Å². The van der Waals surface area contributed by atoms with Gasteiger partial charge in [0.1, 0.15) is 28.7 Å². The predicted octanol–water partition coefficient (Wildman–Crippen LogP) is 12.3. The van der Waals surface area contributed by atoms with Gasteiger partial charge in [-0.15, -0.1) is 11.3 Å². The molecule has 2 aromatic heterocycles. The van der Waals surface area contributed by atoms with Crippen LogP contribution in [0.5, 0.6) is 0 Å². The number of nitrogens with zero attached hydrogens (tertiary/aromatic N) is 5. The van der Waals surface area contributed by atoms with Gasteiger partial charge in [-0.3, -0.25) is 0 Å². The van der Waals surface area contributed by atoms with E-state index in [0.717, 1.165) is 50.3 Å². The highest BCUT2D eigenvalue weighted by Gasteiger charge is 2.37. The molecule has 2 aliphatic rings. The summed E-state index contributed by atoms with van der Waals surface area (Å²) in [7, 11) is 0. The molecule has 0 unspecified atom stereocenters. The van der Waals surface area contributed by atoms with Crippen LogP contribution in [0.3, 0.4) is 0 Å². The lowest BCUT2D eigenvalue weighted by molar-refractivity contribution is 0.354. The molecule has 0 atom stereocenters. The number of para-hydroxylation sites is 2. The Balaban J connectivity index is 1.13. The van der Waals surface area contributed by atoms with Crippen molar-refractivity contribution >= 4 is 57.2 Å². The third-order valence-corrected chi connectivity index (χ3v) is 11.8. The highest BCUT2D eigenvalue weighted by atomic mass is 32.1. The SMILES string of the molecule is CC1(C)CC(/C=C/c2ccc(-c3ccc(-c4ccc5c(c4)C(C)(C)c4ccccc4N5c4ccccc4)s3)c3nsnc23)=CC(=C(C#N)C#N)C1. The van der Waals surface area contributed by atoms with Crippen LogP contribution < -0.4 is 4.90 Å². The molecule has 1 aliphatic heterocycles. The molecule has 0 bridgehead atoms. The lowest BCUT2D eigenvalue weighted by Crippen LogP contribution is -2.30. The van der Waals surface area contributed by atoms with Crippen molar-refractivity contribution in [3.8, 4) is 33.0 Å². The van der Waals surface area contributed by atoms with Gasteiger partial charge in [0.05, 0.1) is 23.1 Å². The molecule has 0 fully saturated rings. The normalized spacial score (nSPS) is 15.9. The van der Waals surface area contributed by atoms with Crippen molar-refractivity contribution in [2.24, 2.45) is 5.41 Å². The summed E-state index contributed by atoms with van der Waals surface area (Å²) in [5, 5.41) is 19.0. The van der Waals surface area contributed by atoms with Gasteiger partial charge in [0, 0.05) is 32.0 Å². The monoisotopic (exact) mass is 697 g/mol. The molecular formula is C44H35N5S2. The fraction of sp³-hybridized carbons (Fsp3) is 0.182. The Bertz CT molecular complexity index is 2500. The largest absolute Gasteiger partial charge is 0.310 e. The zero-order valence-corrected chi connectivity index (χ0v) is 30.6. The Labute approximate surface area is 307 Å². The molecule has 0 amide bonds. The molecule has 0 radical (unpaired) electrons. The van der Waals surface area contributed by atoms with Crippen molar-refractivity contribution in [2.75, 3.05) is 4.90 Å². The smallest absolute Gasteiger partial charge is 0.132 e. The zero-order chi connectivity index (χ0) is 35.3.